The van der Waals surface area contributed by atoms with E-state index in [2.05, 4.69) is 10.1 Å². The fraction of sp³-hybridized carbons (Fsp3) is 0.455. The van der Waals surface area contributed by atoms with Crippen LogP contribution in [-0.2, 0) is 13.0 Å². The topological polar surface area (TPSA) is 50.9 Å². The summed E-state index contributed by atoms with van der Waals surface area (Å²) in [6.45, 7) is 1.13. The molecule has 1 atom stereocenters. The summed E-state index contributed by atoms with van der Waals surface area (Å²) in [4.78, 5) is 5.66. The van der Waals surface area contributed by atoms with Gasteiger partial charge in [-0.2, -0.15) is 0 Å². The number of aliphatic hydroxyl groups is 1. The Labute approximate surface area is 97.6 Å². The lowest BCUT2D eigenvalue weighted by Gasteiger charge is -2.19. The average molecular weight is 235 g/mol. The second kappa shape index (κ2) is 3.99. The van der Waals surface area contributed by atoms with Gasteiger partial charge < -0.3 is 5.11 Å². The molecule has 2 aromatic heterocycles. The van der Waals surface area contributed by atoms with Gasteiger partial charge >= 0.3 is 0 Å². The third-order valence-corrected chi connectivity index (χ3v) is 3.83. The number of rotatable bonds is 2. The van der Waals surface area contributed by atoms with E-state index in [-0.39, 0.29) is 6.61 Å². The van der Waals surface area contributed by atoms with E-state index in [9.17, 15) is 0 Å². The van der Waals surface area contributed by atoms with Crippen molar-refractivity contribution in [1.29, 1.82) is 0 Å². The highest BCUT2D eigenvalue weighted by atomic mass is 32.1. The van der Waals surface area contributed by atoms with Crippen LogP contribution in [0.25, 0.3) is 10.7 Å². The summed E-state index contributed by atoms with van der Waals surface area (Å²) in [5, 5.41) is 15.7. The van der Waals surface area contributed by atoms with Crippen LogP contribution in [0.4, 0.5) is 0 Å². The number of hydrogen-bond acceptors (Lipinski definition) is 4. The van der Waals surface area contributed by atoms with Gasteiger partial charge in [-0.1, -0.05) is 6.07 Å². The molecule has 0 amide bonds. The van der Waals surface area contributed by atoms with Gasteiger partial charge in [0.05, 0.1) is 4.88 Å². The van der Waals surface area contributed by atoms with Gasteiger partial charge in [-0.15, -0.1) is 16.4 Å². The predicted molar refractivity (Wildman–Crippen MR) is 62.2 cm³/mol. The minimum absolute atomic E-state index is 0.251. The molecule has 0 saturated heterocycles. The van der Waals surface area contributed by atoms with Crippen LogP contribution in [-0.4, -0.2) is 26.5 Å². The van der Waals surface area contributed by atoms with Crippen LogP contribution >= 0.6 is 11.3 Å². The van der Waals surface area contributed by atoms with Crippen LogP contribution in [0, 0.1) is 5.92 Å². The standard InChI is InChI=1S/C11H13N3OS/c15-7-8-3-4-14-10(6-8)12-11(13-14)9-2-1-5-16-9/h1-2,5,8,15H,3-4,6-7H2. The molecule has 5 heteroatoms. The van der Waals surface area contributed by atoms with Crippen molar-refractivity contribution in [3.05, 3.63) is 23.3 Å². The fourth-order valence-electron chi connectivity index (χ4n) is 2.04. The Morgan fingerprint density at radius 3 is 3.25 bits per heavy atom. The van der Waals surface area contributed by atoms with Crippen molar-refractivity contribution < 1.29 is 5.11 Å². The van der Waals surface area contributed by atoms with Gasteiger partial charge in [0, 0.05) is 19.6 Å². The molecule has 0 aliphatic carbocycles. The van der Waals surface area contributed by atoms with Crippen molar-refractivity contribution in [3.63, 3.8) is 0 Å². The monoisotopic (exact) mass is 235 g/mol. The fourth-order valence-corrected chi connectivity index (χ4v) is 2.69. The number of aromatic nitrogens is 3. The molecule has 0 aromatic carbocycles. The number of aliphatic hydroxyl groups excluding tert-OH is 1. The molecule has 1 N–H and O–H groups in total. The van der Waals surface area contributed by atoms with E-state index in [1.807, 2.05) is 22.2 Å². The molecule has 2 aromatic rings. The Kier molecular flexibility index (Phi) is 2.49. The highest BCUT2D eigenvalue weighted by Crippen LogP contribution is 2.25. The van der Waals surface area contributed by atoms with E-state index >= 15 is 0 Å². The molecule has 1 aliphatic heterocycles. The summed E-state index contributed by atoms with van der Waals surface area (Å²) < 4.78 is 1.97. The third-order valence-electron chi connectivity index (χ3n) is 2.97. The normalized spacial score (nSPS) is 19.7. The Hall–Kier alpha value is -1.20. The molecule has 84 valence electrons. The summed E-state index contributed by atoms with van der Waals surface area (Å²) in [5.74, 6) is 2.19. The Bertz CT molecular complexity index is 477. The lowest BCUT2D eigenvalue weighted by Crippen LogP contribution is -2.22. The molecule has 0 radical (unpaired) electrons. The minimum atomic E-state index is 0.251. The molecule has 1 aliphatic rings. The molecule has 0 fully saturated rings. The first kappa shape index (κ1) is 9.99. The number of fused-ring (bicyclic) bond motifs is 1. The Morgan fingerprint density at radius 1 is 1.56 bits per heavy atom. The lowest BCUT2D eigenvalue weighted by molar-refractivity contribution is 0.196. The van der Waals surface area contributed by atoms with E-state index in [4.69, 9.17) is 5.11 Å². The van der Waals surface area contributed by atoms with Crippen LogP contribution in [0.2, 0.25) is 0 Å². The van der Waals surface area contributed by atoms with Crippen molar-refractivity contribution in [2.45, 2.75) is 19.4 Å². The maximum Gasteiger partial charge on any atom is 0.191 e. The largest absolute Gasteiger partial charge is 0.396 e. The van der Waals surface area contributed by atoms with Crippen LogP contribution in [0.3, 0.4) is 0 Å². The van der Waals surface area contributed by atoms with Gasteiger partial charge in [0.15, 0.2) is 5.82 Å². The van der Waals surface area contributed by atoms with Gasteiger partial charge in [0.25, 0.3) is 0 Å². The second-order valence-electron chi connectivity index (χ2n) is 4.09. The molecule has 4 nitrogen and oxygen atoms in total. The first-order chi connectivity index (χ1) is 7.86. The molecular weight excluding hydrogens is 222 g/mol. The average Bonchev–Trinajstić information content (AvgIpc) is 2.96. The van der Waals surface area contributed by atoms with Crippen molar-refractivity contribution in [2.75, 3.05) is 6.61 Å². The maximum absolute atomic E-state index is 9.15. The predicted octanol–water partition coefficient (Wildman–Crippen LogP) is 1.56. The zero-order valence-corrected chi connectivity index (χ0v) is 9.65. The van der Waals surface area contributed by atoms with Crippen LogP contribution in [0.15, 0.2) is 17.5 Å². The third kappa shape index (κ3) is 1.66. The first-order valence-electron chi connectivity index (χ1n) is 5.45. The summed E-state index contributed by atoms with van der Waals surface area (Å²) in [5.41, 5.74) is 0. The van der Waals surface area contributed by atoms with Crippen molar-refractivity contribution in [1.82, 2.24) is 14.8 Å². The molecular formula is C11H13N3OS. The summed E-state index contributed by atoms with van der Waals surface area (Å²) in [7, 11) is 0. The van der Waals surface area contributed by atoms with E-state index in [1.165, 1.54) is 0 Å². The van der Waals surface area contributed by atoms with Crippen LogP contribution in [0.5, 0.6) is 0 Å². The van der Waals surface area contributed by atoms with Crippen LogP contribution in [0.1, 0.15) is 12.2 Å². The Morgan fingerprint density at radius 2 is 2.50 bits per heavy atom. The number of hydrogen-bond donors (Lipinski definition) is 1. The first-order valence-corrected chi connectivity index (χ1v) is 6.33. The van der Waals surface area contributed by atoms with Crippen molar-refractivity contribution >= 4 is 11.3 Å². The highest BCUT2D eigenvalue weighted by molar-refractivity contribution is 7.13. The molecule has 0 saturated carbocycles. The SMILES string of the molecule is OCC1CCn2nc(-c3cccs3)nc2C1. The molecule has 3 heterocycles. The van der Waals surface area contributed by atoms with Gasteiger partial charge in [-0.25, -0.2) is 9.67 Å². The quantitative estimate of drug-likeness (QED) is 0.859. The zero-order valence-electron chi connectivity index (χ0n) is 8.83. The molecule has 3 rings (SSSR count). The van der Waals surface area contributed by atoms with Crippen molar-refractivity contribution in [2.24, 2.45) is 5.92 Å². The van der Waals surface area contributed by atoms with E-state index in [0.29, 0.717) is 5.92 Å². The highest BCUT2D eigenvalue weighted by Gasteiger charge is 2.21. The van der Waals surface area contributed by atoms with Gasteiger partial charge in [-0.05, 0) is 23.8 Å². The zero-order chi connectivity index (χ0) is 11.0. The summed E-state index contributed by atoms with van der Waals surface area (Å²) >= 11 is 1.66. The van der Waals surface area contributed by atoms with Gasteiger partial charge in [0.1, 0.15) is 5.82 Å². The minimum Gasteiger partial charge on any atom is -0.396 e. The van der Waals surface area contributed by atoms with Gasteiger partial charge in [-0.3, -0.25) is 0 Å². The second-order valence-corrected chi connectivity index (χ2v) is 5.04. The molecule has 1 unspecified atom stereocenters. The number of thiophene rings is 1. The van der Waals surface area contributed by atoms with E-state index in [0.717, 1.165) is 35.9 Å². The van der Waals surface area contributed by atoms with E-state index in [1.54, 1.807) is 11.3 Å². The molecule has 16 heavy (non-hydrogen) atoms. The molecule has 0 bridgehead atoms. The number of nitrogens with zero attached hydrogens (tertiary/aromatic N) is 3. The smallest absolute Gasteiger partial charge is 0.191 e. The summed E-state index contributed by atoms with van der Waals surface area (Å²) in [6, 6.07) is 4.05. The Balaban J connectivity index is 1.92. The van der Waals surface area contributed by atoms with Crippen LogP contribution < -0.4 is 0 Å². The summed E-state index contributed by atoms with van der Waals surface area (Å²) in [6.07, 6.45) is 1.84. The number of aryl methyl sites for hydroxylation is 1. The van der Waals surface area contributed by atoms with Gasteiger partial charge in [0.2, 0.25) is 0 Å². The maximum atomic E-state index is 9.15. The van der Waals surface area contributed by atoms with Crippen molar-refractivity contribution in [3.8, 4) is 10.7 Å². The lowest BCUT2D eigenvalue weighted by atomic mass is 9.99. The van der Waals surface area contributed by atoms with E-state index < -0.39 is 0 Å². The molecule has 0 spiro atoms.